The Balaban J connectivity index is 2.12. The average Bonchev–Trinajstić information content (AvgIpc) is 2.99. The lowest BCUT2D eigenvalue weighted by Gasteiger charge is -2.33. The van der Waals surface area contributed by atoms with E-state index in [1.165, 1.54) is 0 Å². The number of amides is 1. The van der Waals surface area contributed by atoms with E-state index in [0.717, 1.165) is 44.3 Å². The minimum atomic E-state index is -0.627. The summed E-state index contributed by atoms with van der Waals surface area (Å²) in [6.45, 7) is 1.98. The molecule has 1 unspecified atom stereocenters. The van der Waals surface area contributed by atoms with Crippen LogP contribution in [0, 0.1) is 0 Å². The number of rotatable bonds is 3. The molecule has 0 aromatic heterocycles. The summed E-state index contributed by atoms with van der Waals surface area (Å²) in [4.78, 5) is 12.4. The maximum Gasteiger partial charge on any atom is 0.236 e. The number of nitrogens with zero attached hydrogens (tertiary/aromatic N) is 1. The molecule has 1 atom stereocenters. The molecule has 0 aromatic rings. The third-order valence-electron chi connectivity index (χ3n) is 4.11. The van der Waals surface area contributed by atoms with Gasteiger partial charge in [0.25, 0.3) is 0 Å². The van der Waals surface area contributed by atoms with Crippen LogP contribution in [0.1, 0.15) is 45.4 Å². The first kappa shape index (κ1) is 13.5. The molecule has 1 aliphatic heterocycles. The molecule has 1 aliphatic carbocycles. The van der Waals surface area contributed by atoms with Crippen molar-refractivity contribution in [3.63, 3.8) is 0 Å². The first-order valence-corrected chi connectivity index (χ1v) is 7.46. The zero-order chi connectivity index (χ0) is 13.2. The Kier molecular flexibility index (Phi) is 3.75. The number of hydrogen-bond acceptors (Lipinski definition) is 4. The molecule has 0 aromatic carbocycles. The minimum Gasteiger partial charge on any atom is -0.409 e. The molecule has 5 nitrogen and oxygen atoms in total. The number of amidine groups is 1. The number of carbonyl (C=O) groups excluding carboxylic acids is 1. The second-order valence-corrected chi connectivity index (χ2v) is 7.01. The number of thioether (sulfide) groups is 1. The zero-order valence-corrected chi connectivity index (χ0v) is 11.6. The highest BCUT2D eigenvalue weighted by Gasteiger charge is 2.45. The summed E-state index contributed by atoms with van der Waals surface area (Å²) < 4.78 is -0.356. The molecule has 1 heterocycles. The fourth-order valence-electron chi connectivity index (χ4n) is 2.83. The average molecular weight is 271 g/mol. The fourth-order valence-corrected chi connectivity index (χ4v) is 4.04. The Labute approximate surface area is 112 Å². The van der Waals surface area contributed by atoms with E-state index in [0.29, 0.717) is 0 Å². The van der Waals surface area contributed by atoms with Crippen molar-refractivity contribution in [3.8, 4) is 0 Å². The van der Waals surface area contributed by atoms with Gasteiger partial charge in [0.05, 0.1) is 4.75 Å². The SMILES string of the molecule is CC1(C(=O)NC2(C(N)=NO)CCCC2)CCCS1. The monoisotopic (exact) mass is 271 g/mol. The standard InChI is InChI=1S/C12H21N3O2S/c1-11(5-4-8-18-11)10(16)14-12(9(13)15-17)6-2-3-7-12/h17H,2-8H2,1H3,(H2,13,15)(H,14,16). The molecule has 1 amide bonds. The van der Waals surface area contributed by atoms with Gasteiger partial charge in [-0.25, -0.2) is 0 Å². The molecular weight excluding hydrogens is 250 g/mol. The topological polar surface area (TPSA) is 87.7 Å². The Bertz CT molecular complexity index is 358. The van der Waals surface area contributed by atoms with E-state index in [4.69, 9.17) is 10.9 Å². The van der Waals surface area contributed by atoms with Crippen LogP contribution in [0.15, 0.2) is 5.16 Å². The van der Waals surface area contributed by atoms with Gasteiger partial charge in [0, 0.05) is 0 Å². The lowest BCUT2D eigenvalue weighted by molar-refractivity contribution is -0.124. The number of nitrogens with two attached hydrogens (primary N) is 1. The van der Waals surface area contributed by atoms with Crippen molar-refractivity contribution >= 4 is 23.5 Å². The summed E-state index contributed by atoms with van der Waals surface area (Å²) in [5.41, 5.74) is 5.15. The molecule has 102 valence electrons. The first-order chi connectivity index (χ1) is 8.52. The van der Waals surface area contributed by atoms with Crippen molar-refractivity contribution in [2.45, 2.75) is 55.7 Å². The predicted molar refractivity (Wildman–Crippen MR) is 72.8 cm³/mol. The van der Waals surface area contributed by atoms with Crippen LogP contribution in [-0.4, -0.2) is 33.0 Å². The van der Waals surface area contributed by atoms with Gasteiger partial charge in [0.1, 0.15) is 5.54 Å². The molecule has 0 bridgehead atoms. The van der Waals surface area contributed by atoms with Crippen LogP contribution in [0.2, 0.25) is 0 Å². The highest BCUT2D eigenvalue weighted by molar-refractivity contribution is 8.01. The highest BCUT2D eigenvalue weighted by Crippen LogP contribution is 2.39. The van der Waals surface area contributed by atoms with Crippen LogP contribution >= 0.6 is 11.8 Å². The van der Waals surface area contributed by atoms with E-state index in [2.05, 4.69) is 10.5 Å². The molecule has 0 radical (unpaired) electrons. The molecule has 2 aliphatic rings. The third kappa shape index (κ3) is 2.30. The van der Waals surface area contributed by atoms with Gasteiger partial charge in [0.15, 0.2) is 5.84 Å². The highest BCUT2D eigenvalue weighted by atomic mass is 32.2. The van der Waals surface area contributed by atoms with Gasteiger partial charge in [-0.15, -0.1) is 11.8 Å². The third-order valence-corrected chi connectivity index (χ3v) is 5.63. The second kappa shape index (κ2) is 4.99. The van der Waals surface area contributed by atoms with Gasteiger partial charge in [-0.2, -0.15) is 0 Å². The molecule has 6 heteroatoms. The maximum atomic E-state index is 12.4. The van der Waals surface area contributed by atoms with E-state index < -0.39 is 5.54 Å². The van der Waals surface area contributed by atoms with Gasteiger partial charge >= 0.3 is 0 Å². The van der Waals surface area contributed by atoms with E-state index in [1.807, 2.05) is 6.92 Å². The number of oxime groups is 1. The lowest BCUT2D eigenvalue weighted by Crippen LogP contribution is -2.59. The first-order valence-electron chi connectivity index (χ1n) is 6.47. The predicted octanol–water partition coefficient (Wildman–Crippen LogP) is 1.45. The number of nitrogens with one attached hydrogen (secondary N) is 1. The van der Waals surface area contributed by atoms with Crippen LogP contribution in [0.5, 0.6) is 0 Å². The summed E-state index contributed by atoms with van der Waals surface area (Å²) in [6.07, 6.45) is 5.49. The van der Waals surface area contributed by atoms with Crippen molar-refractivity contribution in [1.29, 1.82) is 0 Å². The van der Waals surface area contributed by atoms with Crippen molar-refractivity contribution in [1.82, 2.24) is 5.32 Å². The summed E-state index contributed by atoms with van der Waals surface area (Å²) in [7, 11) is 0. The maximum absolute atomic E-state index is 12.4. The molecular formula is C12H21N3O2S. The Morgan fingerprint density at radius 3 is 2.50 bits per heavy atom. The van der Waals surface area contributed by atoms with Gasteiger partial charge < -0.3 is 16.3 Å². The Hall–Kier alpha value is -0.910. The zero-order valence-electron chi connectivity index (χ0n) is 10.7. The largest absolute Gasteiger partial charge is 0.409 e. The summed E-state index contributed by atoms with van der Waals surface area (Å²) in [5, 5.41) is 15.1. The summed E-state index contributed by atoms with van der Waals surface area (Å²) in [5.74, 6) is 1.19. The van der Waals surface area contributed by atoms with E-state index in [1.54, 1.807) is 11.8 Å². The Morgan fingerprint density at radius 1 is 1.33 bits per heavy atom. The van der Waals surface area contributed by atoms with Crippen LogP contribution in [0.4, 0.5) is 0 Å². The molecule has 2 rings (SSSR count). The molecule has 2 fully saturated rings. The van der Waals surface area contributed by atoms with E-state index in [-0.39, 0.29) is 16.5 Å². The van der Waals surface area contributed by atoms with Gasteiger partial charge in [0.2, 0.25) is 5.91 Å². The second-order valence-electron chi connectivity index (χ2n) is 5.41. The lowest BCUT2D eigenvalue weighted by atomic mass is 9.94. The van der Waals surface area contributed by atoms with Crippen LogP contribution in [0.25, 0.3) is 0 Å². The molecule has 18 heavy (non-hydrogen) atoms. The molecule has 0 spiro atoms. The van der Waals surface area contributed by atoms with Crippen molar-refractivity contribution < 1.29 is 10.0 Å². The van der Waals surface area contributed by atoms with E-state index in [9.17, 15) is 4.79 Å². The van der Waals surface area contributed by atoms with Crippen LogP contribution in [-0.2, 0) is 4.79 Å². The van der Waals surface area contributed by atoms with Crippen LogP contribution in [0.3, 0.4) is 0 Å². The van der Waals surface area contributed by atoms with Gasteiger partial charge in [-0.3, -0.25) is 4.79 Å². The van der Waals surface area contributed by atoms with Crippen molar-refractivity contribution in [2.75, 3.05) is 5.75 Å². The summed E-state index contributed by atoms with van der Waals surface area (Å²) >= 11 is 1.70. The van der Waals surface area contributed by atoms with E-state index >= 15 is 0 Å². The summed E-state index contributed by atoms with van der Waals surface area (Å²) in [6, 6.07) is 0. The van der Waals surface area contributed by atoms with Crippen LogP contribution < -0.4 is 11.1 Å². The molecule has 4 N–H and O–H groups in total. The quantitative estimate of drug-likeness (QED) is 0.314. The van der Waals surface area contributed by atoms with Crippen molar-refractivity contribution in [2.24, 2.45) is 10.9 Å². The van der Waals surface area contributed by atoms with Crippen molar-refractivity contribution in [3.05, 3.63) is 0 Å². The Morgan fingerprint density at radius 2 is 2.00 bits per heavy atom. The van der Waals surface area contributed by atoms with Gasteiger partial charge in [-0.05, 0) is 38.4 Å². The van der Waals surface area contributed by atoms with Gasteiger partial charge in [-0.1, -0.05) is 18.0 Å². The number of hydrogen-bond donors (Lipinski definition) is 3. The minimum absolute atomic E-state index is 0.0264. The number of carbonyl (C=O) groups is 1. The molecule has 1 saturated heterocycles. The fraction of sp³-hybridized carbons (Fsp3) is 0.833. The molecule has 1 saturated carbocycles. The smallest absolute Gasteiger partial charge is 0.236 e. The normalized spacial score (nSPS) is 31.5.